The molecule has 1 amide bonds. The van der Waals surface area contributed by atoms with E-state index < -0.39 is 28.0 Å². The molecule has 0 heterocycles. The summed E-state index contributed by atoms with van der Waals surface area (Å²) in [6, 6.07) is -1.07. The Bertz CT molecular complexity index is 761. The van der Waals surface area contributed by atoms with Crippen LogP contribution in [0.5, 0.6) is 0 Å². The molecule has 0 rings (SSSR count). The van der Waals surface area contributed by atoms with Crippen LogP contribution in [0.2, 0.25) is 0 Å². The molecule has 3 N–H and O–H groups in total. The van der Waals surface area contributed by atoms with Crippen molar-refractivity contribution in [2.45, 2.75) is 154 Å². The summed E-state index contributed by atoms with van der Waals surface area (Å²) in [7, 11) is -4.34. The van der Waals surface area contributed by atoms with Gasteiger partial charge >= 0.3 is 0 Å². The molecule has 0 aliphatic rings. The Kier molecular flexibility index (Phi) is 25.8. The van der Waals surface area contributed by atoms with E-state index in [1.54, 1.807) is 6.08 Å². The normalized spacial score (nSPS) is 14.1. The van der Waals surface area contributed by atoms with Crippen molar-refractivity contribution in [1.29, 1.82) is 0 Å². The summed E-state index contributed by atoms with van der Waals surface area (Å²) in [6.07, 6.45) is 32.8. The van der Waals surface area contributed by atoms with Crippen LogP contribution in [-0.4, -0.2) is 41.9 Å². The van der Waals surface area contributed by atoms with Gasteiger partial charge < -0.3 is 10.4 Å². The number of amides is 1. The van der Waals surface area contributed by atoms with Crippen molar-refractivity contribution in [2.24, 2.45) is 0 Å². The Balaban J connectivity index is 4.09. The van der Waals surface area contributed by atoms with Crippen molar-refractivity contribution >= 4 is 16.0 Å². The molecule has 39 heavy (non-hydrogen) atoms. The van der Waals surface area contributed by atoms with Gasteiger partial charge in [0.05, 0.1) is 17.9 Å². The highest BCUT2D eigenvalue weighted by molar-refractivity contribution is 7.85. The van der Waals surface area contributed by atoms with Crippen LogP contribution in [0, 0.1) is 0 Å². The third kappa shape index (κ3) is 27.9. The van der Waals surface area contributed by atoms with Crippen LogP contribution < -0.4 is 5.32 Å². The number of carbonyl (C=O) groups is 1. The van der Waals surface area contributed by atoms with E-state index >= 15 is 0 Å². The molecule has 0 saturated heterocycles. The number of unbranched alkanes of at least 4 members (excludes halogenated alkanes) is 15. The number of allylic oxidation sites excluding steroid dienone is 5. The van der Waals surface area contributed by atoms with Gasteiger partial charge in [-0.25, -0.2) is 0 Å². The molecule has 2 atom stereocenters. The minimum absolute atomic E-state index is 0.277. The van der Waals surface area contributed by atoms with Crippen LogP contribution in [0.15, 0.2) is 36.5 Å². The molecule has 0 aromatic heterocycles. The van der Waals surface area contributed by atoms with Crippen LogP contribution in [0.3, 0.4) is 0 Å². The molecule has 0 bridgehead atoms. The second-order valence-corrected chi connectivity index (χ2v) is 12.2. The highest BCUT2D eigenvalue weighted by Gasteiger charge is 2.24. The maximum atomic E-state index is 12.4. The van der Waals surface area contributed by atoms with Gasteiger partial charge in [0.15, 0.2) is 0 Å². The van der Waals surface area contributed by atoms with Crippen molar-refractivity contribution in [3.05, 3.63) is 36.5 Å². The van der Waals surface area contributed by atoms with Gasteiger partial charge in [-0.1, -0.05) is 115 Å². The van der Waals surface area contributed by atoms with Gasteiger partial charge in [-0.15, -0.1) is 0 Å². The number of aliphatic hydroxyl groups excluding tert-OH is 1. The zero-order valence-electron chi connectivity index (χ0n) is 25.0. The standard InChI is InChI=1S/C32H59NO5S/c1-3-5-7-9-11-13-14-15-16-17-18-20-22-24-26-28-32(35)33-30(29-39(36,37)38)31(34)27-25-23-21-19-12-10-8-6-4-2/h12,15-16,19,25,27,30-31,34H,3-11,13-14,17-18,20-24,26,28-29H2,1-2H3,(H,33,35)(H,36,37,38)/b16-15-,19-12+,27-25+. The van der Waals surface area contributed by atoms with Crippen molar-refractivity contribution in [2.75, 3.05) is 5.75 Å². The second kappa shape index (κ2) is 26.8. The first-order chi connectivity index (χ1) is 18.8. The molecule has 0 aromatic rings. The molecule has 0 radical (unpaired) electrons. The van der Waals surface area contributed by atoms with Gasteiger partial charge in [0.25, 0.3) is 10.1 Å². The molecule has 0 aliphatic heterocycles. The number of rotatable bonds is 27. The zero-order chi connectivity index (χ0) is 29.0. The van der Waals surface area contributed by atoms with Crippen molar-refractivity contribution in [3.63, 3.8) is 0 Å². The lowest BCUT2D eigenvalue weighted by Crippen LogP contribution is -2.46. The average Bonchev–Trinajstić information content (AvgIpc) is 2.88. The van der Waals surface area contributed by atoms with E-state index in [4.69, 9.17) is 0 Å². The minimum Gasteiger partial charge on any atom is -0.387 e. The van der Waals surface area contributed by atoms with Gasteiger partial charge in [-0.3, -0.25) is 9.35 Å². The van der Waals surface area contributed by atoms with Crippen LogP contribution in [-0.2, 0) is 14.9 Å². The molecule has 228 valence electrons. The summed E-state index contributed by atoms with van der Waals surface area (Å²) in [5.74, 6) is -1.02. The van der Waals surface area contributed by atoms with E-state index in [0.717, 1.165) is 51.4 Å². The van der Waals surface area contributed by atoms with E-state index in [2.05, 4.69) is 43.5 Å². The van der Waals surface area contributed by atoms with Crippen molar-refractivity contribution in [3.8, 4) is 0 Å². The maximum Gasteiger partial charge on any atom is 0.267 e. The number of hydrogen-bond acceptors (Lipinski definition) is 4. The molecule has 0 aromatic carbocycles. The molecule has 6 nitrogen and oxygen atoms in total. The third-order valence-corrected chi connectivity index (χ3v) is 7.57. The minimum atomic E-state index is -4.34. The summed E-state index contributed by atoms with van der Waals surface area (Å²) in [5, 5.41) is 13.0. The molecule has 2 unspecified atom stereocenters. The lowest BCUT2D eigenvalue weighted by molar-refractivity contribution is -0.122. The van der Waals surface area contributed by atoms with Crippen molar-refractivity contribution in [1.82, 2.24) is 5.32 Å². The summed E-state index contributed by atoms with van der Waals surface area (Å²) in [5.41, 5.74) is 0. The Hall–Kier alpha value is -1.44. The van der Waals surface area contributed by atoms with E-state index in [9.17, 15) is 22.9 Å². The average molecular weight is 570 g/mol. The lowest BCUT2D eigenvalue weighted by Gasteiger charge is -2.21. The first-order valence-electron chi connectivity index (χ1n) is 15.7. The smallest absolute Gasteiger partial charge is 0.267 e. The van der Waals surface area contributed by atoms with Crippen molar-refractivity contribution < 1.29 is 22.9 Å². The van der Waals surface area contributed by atoms with E-state index in [1.165, 1.54) is 70.3 Å². The van der Waals surface area contributed by atoms with E-state index in [1.807, 2.05) is 0 Å². The lowest BCUT2D eigenvalue weighted by atomic mass is 10.1. The molecule has 0 aliphatic carbocycles. The van der Waals surface area contributed by atoms with Gasteiger partial charge in [0.2, 0.25) is 5.91 Å². The van der Waals surface area contributed by atoms with Crippen LogP contribution in [0.1, 0.15) is 142 Å². The topological polar surface area (TPSA) is 104 Å². The van der Waals surface area contributed by atoms with Gasteiger partial charge in [-0.05, 0) is 57.8 Å². The number of nitrogens with one attached hydrogen (secondary N) is 1. The van der Waals surface area contributed by atoms with Gasteiger partial charge in [0.1, 0.15) is 0 Å². The fourth-order valence-corrected chi connectivity index (χ4v) is 5.13. The molecule has 0 spiro atoms. The maximum absolute atomic E-state index is 12.4. The highest BCUT2D eigenvalue weighted by atomic mass is 32.2. The summed E-state index contributed by atoms with van der Waals surface area (Å²) >= 11 is 0. The number of carbonyl (C=O) groups excluding carboxylic acids is 1. The monoisotopic (exact) mass is 569 g/mol. The van der Waals surface area contributed by atoms with Crippen LogP contribution >= 0.6 is 0 Å². The predicted molar refractivity (Wildman–Crippen MR) is 165 cm³/mol. The van der Waals surface area contributed by atoms with Crippen LogP contribution in [0.25, 0.3) is 0 Å². The number of hydrogen-bond donors (Lipinski definition) is 3. The fraction of sp³-hybridized carbons (Fsp3) is 0.781. The first-order valence-corrected chi connectivity index (χ1v) is 17.3. The quantitative estimate of drug-likeness (QED) is 0.0525. The first kappa shape index (κ1) is 37.6. The Labute approximate surface area is 240 Å². The SMILES string of the molecule is CCCCC/C=C/CC/C=C/C(O)C(CS(=O)(=O)O)NC(=O)CCCCCCC/C=C\CCCCCCCC. The van der Waals surface area contributed by atoms with Crippen LogP contribution in [0.4, 0.5) is 0 Å². The molecule has 0 saturated carbocycles. The highest BCUT2D eigenvalue weighted by Crippen LogP contribution is 2.11. The van der Waals surface area contributed by atoms with E-state index in [-0.39, 0.29) is 12.3 Å². The summed E-state index contributed by atoms with van der Waals surface area (Å²) in [6.45, 7) is 4.42. The van der Waals surface area contributed by atoms with Gasteiger partial charge in [-0.2, -0.15) is 8.42 Å². The molecule has 0 fully saturated rings. The van der Waals surface area contributed by atoms with Gasteiger partial charge in [0, 0.05) is 6.42 Å². The summed E-state index contributed by atoms with van der Waals surface area (Å²) < 4.78 is 32.1. The summed E-state index contributed by atoms with van der Waals surface area (Å²) in [4.78, 5) is 12.4. The number of aliphatic hydroxyl groups is 1. The Morgan fingerprint density at radius 3 is 1.67 bits per heavy atom. The van der Waals surface area contributed by atoms with E-state index in [0.29, 0.717) is 6.42 Å². The third-order valence-electron chi connectivity index (χ3n) is 6.79. The predicted octanol–water partition coefficient (Wildman–Crippen LogP) is 8.23. The molecular formula is C32H59NO5S. The largest absolute Gasteiger partial charge is 0.387 e. The molecular weight excluding hydrogens is 510 g/mol. The zero-order valence-corrected chi connectivity index (χ0v) is 25.8. The Morgan fingerprint density at radius 1 is 0.667 bits per heavy atom. The fourth-order valence-electron chi connectivity index (χ4n) is 4.40. The molecule has 7 heteroatoms. The Morgan fingerprint density at radius 2 is 1.10 bits per heavy atom. The second-order valence-electron chi connectivity index (χ2n) is 10.7.